The fraction of sp³-hybridized carbons (Fsp3) is 0.259. The fourth-order valence-corrected chi connectivity index (χ4v) is 4.80. The molecule has 1 N–H and O–H groups in total. The van der Waals surface area contributed by atoms with Gasteiger partial charge >= 0.3 is 0 Å². The third kappa shape index (κ3) is 5.48. The molecule has 0 saturated carbocycles. The molecule has 0 aromatic heterocycles. The van der Waals surface area contributed by atoms with E-state index in [0.29, 0.717) is 30.0 Å². The number of phenols is 1. The van der Waals surface area contributed by atoms with Crippen LogP contribution in [0.5, 0.6) is 11.5 Å². The van der Waals surface area contributed by atoms with E-state index in [1.165, 1.54) is 0 Å². The van der Waals surface area contributed by atoms with Gasteiger partial charge in [0.25, 0.3) is 0 Å². The molecule has 0 heterocycles. The average molecular weight is 528 g/mol. The molecule has 0 aliphatic heterocycles. The van der Waals surface area contributed by atoms with Crippen molar-refractivity contribution in [1.82, 2.24) is 0 Å². The van der Waals surface area contributed by atoms with Crippen LogP contribution in [0.4, 0.5) is 0 Å². The maximum atomic E-state index is 11.9. The Labute approximate surface area is 206 Å². The van der Waals surface area contributed by atoms with Gasteiger partial charge in [0.2, 0.25) is 0 Å². The van der Waals surface area contributed by atoms with Crippen molar-refractivity contribution < 1.29 is 19.4 Å². The van der Waals surface area contributed by atoms with E-state index in [1.807, 2.05) is 36.4 Å². The smallest absolute Gasteiger partial charge is 0.163 e. The van der Waals surface area contributed by atoms with Crippen LogP contribution in [0.1, 0.15) is 63.1 Å². The van der Waals surface area contributed by atoms with Gasteiger partial charge in [-0.3, -0.25) is 9.59 Å². The van der Waals surface area contributed by atoms with Gasteiger partial charge < -0.3 is 9.84 Å². The molecule has 0 atom stereocenters. The summed E-state index contributed by atoms with van der Waals surface area (Å²) in [6, 6.07) is 16.5. The van der Waals surface area contributed by atoms with Gasteiger partial charge in [0.15, 0.2) is 11.6 Å². The third-order valence-corrected chi connectivity index (χ3v) is 6.95. The SMILES string of the molecule is O=C1CCCc2c(O)cccc21.O=C1CCCc2c(OCc3cc(Cl)ccc3Br)cccc21. The van der Waals surface area contributed by atoms with Gasteiger partial charge in [-0.15, -0.1) is 0 Å². The second-order valence-corrected chi connectivity index (χ2v) is 9.45. The normalized spacial score (nSPS) is 14.6. The Morgan fingerprint density at radius 1 is 0.848 bits per heavy atom. The van der Waals surface area contributed by atoms with Crippen molar-refractivity contribution in [2.75, 3.05) is 0 Å². The highest BCUT2D eigenvalue weighted by molar-refractivity contribution is 9.10. The number of ether oxygens (including phenoxy) is 1. The first-order valence-electron chi connectivity index (χ1n) is 11.0. The lowest BCUT2D eigenvalue weighted by atomic mass is 9.90. The zero-order valence-electron chi connectivity index (χ0n) is 18.1. The summed E-state index contributed by atoms with van der Waals surface area (Å²) in [4.78, 5) is 23.3. The third-order valence-electron chi connectivity index (χ3n) is 5.94. The van der Waals surface area contributed by atoms with Crippen molar-refractivity contribution in [3.8, 4) is 11.5 Å². The van der Waals surface area contributed by atoms with Gasteiger partial charge in [-0.25, -0.2) is 0 Å². The Morgan fingerprint density at radius 2 is 1.48 bits per heavy atom. The minimum atomic E-state index is 0.159. The van der Waals surface area contributed by atoms with E-state index in [2.05, 4.69) is 15.9 Å². The van der Waals surface area contributed by atoms with Crippen LogP contribution in [-0.4, -0.2) is 16.7 Å². The molecule has 3 aromatic carbocycles. The van der Waals surface area contributed by atoms with Gasteiger partial charge in [0, 0.05) is 50.2 Å². The highest BCUT2D eigenvalue weighted by atomic mass is 79.9. The first-order valence-corrected chi connectivity index (χ1v) is 12.2. The number of fused-ring (bicyclic) bond motifs is 2. The number of aromatic hydroxyl groups is 1. The van der Waals surface area contributed by atoms with Gasteiger partial charge in [-0.1, -0.05) is 51.8 Å². The molecule has 5 rings (SSSR count). The van der Waals surface area contributed by atoms with Crippen LogP contribution in [-0.2, 0) is 19.4 Å². The summed E-state index contributed by atoms with van der Waals surface area (Å²) in [5.41, 5.74) is 4.37. The molecule has 4 nitrogen and oxygen atoms in total. The number of benzene rings is 3. The molecule has 2 aliphatic rings. The van der Waals surface area contributed by atoms with Crippen LogP contribution < -0.4 is 4.74 Å². The van der Waals surface area contributed by atoms with Crippen LogP contribution in [0.25, 0.3) is 0 Å². The quantitative estimate of drug-likeness (QED) is 0.394. The van der Waals surface area contributed by atoms with Crippen molar-refractivity contribution in [1.29, 1.82) is 0 Å². The monoisotopic (exact) mass is 526 g/mol. The standard InChI is InChI=1S/C17H14BrClO2.C10H10O2/c18-15-8-7-12(19)9-11(15)10-21-17-6-2-3-13-14(17)4-1-5-16(13)20;11-9-5-1-3-7-8(9)4-2-6-10(7)12/h2-3,6-9H,1,4-5,10H2;1,3,5,11H,2,4,6H2. The first kappa shape index (κ1) is 23.5. The molecule has 0 amide bonds. The number of carbonyl (C=O) groups excluding carboxylic acids is 2. The fourth-order valence-electron chi connectivity index (χ4n) is 4.25. The average Bonchev–Trinajstić information content (AvgIpc) is 2.81. The predicted molar refractivity (Wildman–Crippen MR) is 133 cm³/mol. The molecule has 33 heavy (non-hydrogen) atoms. The summed E-state index contributed by atoms with van der Waals surface area (Å²) in [7, 11) is 0. The Balaban J connectivity index is 0.000000183. The van der Waals surface area contributed by atoms with Crippen LogP contribution in [0.15, 0.2) is 59.1 Å². The van der Waals surface area contributed by atoms with Gasteiger partial charge in [-0.2, -0.15) is 0 Å². The van der Waals surface area contributed by atoms with Crippen LogP contribution in [0.3, 0.4) is 0 Å². The van der Waals surface area contributed by atoms with Crippen LogP contribution in [0.2, 0.25) is 5.02 Å². The van der Waals surface area contributed by atoms with Crippen molar-refractivity contribution in [3.63, 3.8) is 0 Å². The van der Waals surface area contributed by atoms with Gasteiger partial charge in [-0.05, 0) is 56.0 Å². The van der Waals surface area contributed by atoms with E-state index < -0.39 is 0 Å². The Bertz CT molecular complexity index is 1200. The number of ketones is 2. The largest absolute Gasteiger partial charge is 0.508 e. The highest BCUT2D eigenvalue weighted by Gasteiger charge is 2.20. The summed E-state index contributed by atoms with van der Waals surface area (Å²) < 4.78 is 6.90. The van der Waals surface area contributed by atoms with Crippen molar-refractivity contribution in [2.45, 2.75) is 45.1 Å². The second kappa shape index (κ2) is 10.5. The van der Waals surface area contributed by atoms with Crippen molar-refractivity contribution in [3.05, 3.63) is 91.9 Å². The van der Waals surface area contributed by atoms with Gasteiger partial charge in [0.05, 0.1) is 0 Å². The summed E-state index contributed by atoms with van der Waals surface area (Å²) in [5.74, 6) is 1.44. The maximum absolute atomic E-state index is 11.9. The molecule has 0 spiro atoms. The molecule has 6 heteroatoms. The Morgan fingerprint density at radius 3 is 2.18 bits per heavy atom. The molecule has 170 valence electrons. The number of hydrogen-bond donors (Lipinski definition) is 1. The highest BCUT2D eigenvalue weighted by Crippen LogP contribution is 2.31. The second-order valence-electron chi connectivity index (χ2n) is 8.16. The molecule has 3 aromatic rings. The molecule has 0 radical (unpaired) electrons. The van der Waals surface area contributed by atoms with E-state index in [-0.39, 0.29) is 17.3 Å². The number of carbonyl (C=O) groups is 2. The molecular formula is C27H24BrClO4. The topological polar surface area (TPSA) is 63.6 Å². The summed E-state index contributed by atoms with van der Waals surface area (Å²) in [5, 5.41) is 10.1. The van der Waals surface area contributed by atoms with E-state index in [0.717, 1.165) is 58.2 Å². The zero-order valence-corrected chi connectivity index (χ0v) is 20.4. The van der Waals surface area contributed by atoms with Gasteiger partial charge in [0.1, 0.15) is 18.1 Å². The number of halogens is 2. The van der Waals surface area contributed by atoms with Crippen LogP contribution in [0, 0.1) is 0 Å². The van der Waals surface area contributed by atoms with Crippen LogP contribution >= 0.6 is 27.5 Å². The van der Waals surface area contributed by atoms with E-state index in [1.54, 1.807) is 18.2 Å². The number of hydrogen-bond acceptors (Lipinski definition) is 4. The minimum absolute atomic E-state index is 0.159. The van der Waals surface area contributed by atoms with E-state index in [4.69, 9.17) is 16.3 Å². The number of Topliss-reactive ketones (excluding diaryl/α,β-unsaturated/α-hetero) is 2. The summed E-state index contributed by atoms with van der Waals surface area (Å²) >= 11 is 9.51. The summed E-state index contributed by atoms with van der Waals surface area (Å²) in [6.45, 7) is 0.422. The molecule has 2 aliphatic carbocycles. The molecular weight excluding hydrogens is 504 g/mol. The molecule has 0 unspecified atom stereocenters. The van der Waals surface area contributed by atoms with E-state index in [9.17, 15) is 14.7 Å². The minimum Gasteiger partial charge on any atom is -0.508 e. The maximum Gasteiger partial charge on any atom is 0.163 e. The lowest BCUT2D eigenvalue weighted by Gasteiger charge is -2.19. The molecule has 0 saturated heterocycles. The zero-order chi connectivity index (χ0) is 23.4. The Hall–Kier alpha value is -2.63. The van der Waals surface area contributed by atoms with Crippen molar-refractivity contribution >= 4 is 39.1 Å². The molecule has 0 fully saturated rings. The number of rotatable bonds is 3. The number of phenolic OH excluding ortho intramolecular Hbond substituents is 1. The Kier molecular flexibility index (Phi) is 7.51. The lowest BCUT2D eigenvalue weighted by Crippen LogP contribution is -2.12. The predicted octanol–water partition coefficient (Wildman–Crippen LogP) is 7.11. The lowest BCUT2D eigenvalue weighted by molar-refractivity contribution is 0.0963. The first-order chi connectivity index (χ1) is 15.9. The van der Waals surface area contributed by atoms with Crippen molar-refractivity contribution in [2.24, 2.45) is 0 Å². The summed E-state index contributed by atoms with van der Waals surface area (Å²) in [6.07, 6.45) is 4.74. The molecule has 0 bridgehead atoms. The van der Waals surface area contributed by atoms with E-state index >= 15 is 0 Å².